The Bertz CT molecular complexity index is 892. The second-order valence-electron chi connectivity index (χ2n) is 7.20. The van der Waals surface area contributed by atoms with Gasteiger partial charge in [0.05, 0.1) is 17.8 Å². The molecule has 1 aliphatic rings. The largest absolute Gasteiger partial charge is 0.418 e. The van der Waals surface area contributed by atoms with Crippen molar-refractivity contribution in [3.8, 4) is 0 Å². The quantitative estimate of drug-likeness (QED) is 0.723. The normalized spacial score (nSPS) is 15.6. The molecule has 3 rings (SSSR count). The van der Waals surface area contributed by atoms with E-state index in [1.54, 1.807) is 24.3 Å². The predicted molar refractivity (Wildman–Crippen MR) is 109 cm³/mol. The molecular formula is C21H23F3N4O2. The van der Waals surface area contributed by atoms with Crippen LogP contribution in [0.2, 0.25) is 0 Å². The molecule has 0 bridgehead atoms. The Morgan fingerprint density at radius 3 is 2.20 bits per heavy atom. The maximum absolute atomic E-state index is 13.0. The summed E-state index contributed by atoms with van der Waals surface area (Å²) >= 11 is 0. The summed E-state index contributed by atoms with van der Waals surface area (Å²) in [7, 11) is 2.04. The summed E-state index contributed by atoms with van der Waals surface area (Å²) in [5, 5.41) is 4.69. The van der Waals surface area contributed by atoms with E-state index in [9.17, 15) is 22.8 Å². The Hall–Kier alpha value is -2.91. The van der Waals surface area contributed by atoms with E-state index >= 15 is 0 Å². The SMILES string of the molecule is CN1CCN(CC(=O)c2ccc(NC(=O)Nc3ccccc3C(F)(F)F)cc2)CC1. The van der Waals surface area contributed by atoms with Crippen LogP contribution >= 0.6 is 0 Å². The maximum atomic E-state index is 13.0. The number of nitrogens with one attached hydrogen (secondary N) is 2. The minimum Gasteiger partial charge on any atom is -0.308 e. The van der Waals surface area contributed by atoms with Crippen LogP contribution in [0.3, 0.4) is 0 Å². The third kappa shape index (κ3) is 5.80. The number of para-hydroxylation sites is 1. The molecular weight excluding hydrogens is 397 g/mol. The predicted octanol–water partition coefficient (Wildman–Crippen LogP) is 3.78. The molecule has 1 aliphatic heterocycles. The van der Waals surface area contributed by atoms with Gasteiger partial charge in [0.25, 0.3) is 0 Å². The van der Waals surface area contributed by atoms with Crippen molar-refractivity contribution in [1.29, 1.82) is 0 Å². The molecule has 0 spiro atoms. The number of carbonyl (C=O) groups excluding carboxylic acids is 2. The third-order valence-electron chi connectivity index (χ3n) is 4.91. The molecule has 0 aliphatic carbocycles. The monoisotopic (exact) mass is 420 g/mol. The second kappa shape index (κ2) is 9.27. The molecule has 1 saturated heterocycles. The molecule has 30 heavy (non-hydrogen) atoms. The van der Waals surface area contributed by atoms with Crippen molar-refractivity contribution < 1.29 is 22.8 Å². The molecule has 0 atom stereocenters. The van der Waals surface area contributed by atoms with Crippen LogP contribution in [0.25, 0.3) is 0 Å². The van der Waals surface area contributed by atoms with E-state index in [-0.39, 0.29) is 11.5 Å². The summed E-state index contributed by atoms with van der Waals surface area (Å²) < 4.78 is 39.1. The zero-order valence-corrected chi connectivity index (χ0v) is 16.5. The second-order valence-corrected chi connectivity index (χ2v) is 7.20. The molecule has 0 radical (unpaired) electrons. The lowest BCUT2D eigenvalue weighted by Gasteiger charge is -2.31. The molecule has 160 valence electrons. The van der Waals surface area contributed by atoms with Gasteiger partial charge in [0.2, 0.25) is 0 Å². The van der Waals surface area contributed by atoms with Crippen molar-refractivity contribution in [3.63, 3.8) is 0 Å². The average molecular weight is 420 g/mol. The lowest BCUT2D eigenvalue weighted by atomic mass is 10.1. The Morgan fingerprint density at radius 2 is 1.57 bits per heavy atom. The number of alkyl halides is 3. The Labute approximate surface area is 172 Å². The van der Waals surface area contributed by atoms with Crippen LogP contribution in [0.1, 0.15) is 15.9 Å². The smallest absolute Gasteiger partial charge is 0.308 e. The Balaban J connectivity index is 1.57. The molecule has 6 nitrogen and oxygen atoms in total. The lowest BCUT2D eigenvalue weighted by Crippen LogP contribution is -2.46. The number of anilines is 2. The van der Waals surface area contributed by atoms with Crippen molar-refractivity contribution in [3.05, 3.63) is 59.7 Å². The number of benzene rings is 2. The highest BCUT2D eigenvalue weighted by Gasteiger charge is 2.33. The summed E-state index contributed by atoms with van der Waals surface area (Å²) in [6.07, 6.45) is -4.57. The number of piperazine rings is 1. The fourth-order valence-electron chi connectivity index (χ4n) is 3.16. The third-order valence-corrected chi connectivity index (χ3v) is 4.91. The molecule has 2 amide bonds. The lowest BCUT2D eigenvalue weighted by molar-refractivity contribution is -0.136. The van der Waals surface area contributed by atoms with E-state index in [2.05, 4.69) is 20.4 Å². The van der Waals surface area contributed by atoms with Crippen LogP contribution in [0.15, 0.2) is 48.5 Å². The summed E-state index contributed by atoms with van der Waals surface area (Å²) in [6, 6.07) is 10.2. The zero-order chi connectivity index (χ0) is 21.7. The standard InChI is InChI=1S/C21H23F3N4O2/c1-27-10-12-28(13-11-27)14-19(29)15-6-8-16(9-7-15)25-20(30)26-18-5-3-2-4-17(18)21(22,23)24/h2-9H,10-14H2,1H3,(H2,25,26,30). The number of likely N-dealkylation sites (N-methyl/N-ethyl adjacent to an activating group) is 1. The summed E-state index contributed by atoms with van der Waals surface area (Å²) in [6.45, 7) is 3.84. The minimum atomic E-state index is -4.57. The van der Waals surface area contributed by atoms with Gasteiger partial charge in [0.1, 0.15) is 0 Å². The summed E-state index contributed by atoms with van der Waals surface area (Å²) in [5.74, 6) is -0.0188. The number of amides is 2. The van der Waals surface area contributed by atoms with Crippen molar-refractivity contribution >= 4 is 23.2 Å². The fraction of sp³-hybridized carbons (Fsp3) is 0.333. The van der Waals surface area contributed by atoms with Crippen LogP contribution in [0.4, 0.5) is 29.3 Å². The van der Waals surface area contributed by atoms with Crippen LogP contribution in [-0.4, -0.2) is 61.4 Å². The fourth-order valence-corrected chi connectivity index (χ4v) is 3.16. The number of urea groups is 1. The molecule has 2 N–H and O–H groups in total. The van der Waals surface area contributed by atoms with Gasteiger partial charge >= 0.3 is 12.2 Å². The molecule has 1 heterocycles. The summed E-state index contributed by atoms with van der Waals surface area (Å²) in [5.41, 5.74) is -0.373. The molecule has 9 heteroatoms. The molecule has 2 aromatic rings. The van der Waals surface area contributed by atoms with Crippen molar-refractivity contribution in [2.75, 3.05) is 50.4 Å². The highest BCUT2D eigenvalue weighted by Crippen LogP contribution is 2.34. The van der Waals surface area contributed by atoms with Crippen molar-refractivity contribution in [2.24, 2.45) is 0 Å². The van der Waals surface area contributed by atoms with E-state index in [0.29, 0.717) is 17.8 Å². The number of halogens is 3. The first-order valence-corrected chi connectivity index (χ1v) is 9.51. The number of ketones is 1. The van der Waals surface area contributed by atoms with Crippen LogP contribution in [0.5, 0.6) is 0 Å². The molecule has 2 aromatic carbocycles. The number of hydrogen-bond donors (Lipinski definition) is 2. The van der Waals surface area contributed by atoms with Gasteiger partial charge < -0.3 is 15.5 Å². The number of carbonyl (C=O) groups is 2. The van der Waals surface area contributed by atoms with Crippen molar-refractivity contribution in [1.82, 2.24) is 9.80 Å². The van der Waals surface area contributed by atoms with Gasteiger partial charge in [-0.05, 0) is 43.4 Å². The summed E-state index contributed by atoms with van der Waals surface area (Å²) in [4.78, 5) is 28.8. The number of hydrogen-bond acceptors (Lipinski definition) is 4. The van der Waals surface area contributed by atoms with E-state index in [0.717, 1.165) is 32.2 Å². The van der Waals surface area contributed by atoms with Crippen LogP contribution in [-0.2, 0) is 6.18 Å². The van der Waals surface area contributed by atoms with Gasteiger partial charge in [-0.15, -0.1) is 0 Å². The van der Waals surface area contributed by atoms with Gasteiger partial charge in [-0.1, -0.05) is 12.1 Å². The first kappa shape index (κ1) is 21.8. The van der Waals surface area contributed by atoms with Gasteiger partial charge in [0, 0.05) is 37.4 Å². The Morgan fingerprint density at radius 1 is 0.933 bits per heavy atom. The molecule has 0 unspecified atom stereocenters. The topological polar surface area (TPSA) is 64.7 Å². The maximum Gasteiger partial charge on any atom is 0.418 e. The Kier molecular flexibility index (Phi) is 6.73. The number of Topliss-reactive ketones (excluding diaryl/α,β-unsaturated/α-hetero) is 1. The van der Waals surface area contributed by atoms with Crippen LogP contribution in [0, 0.1) is 0 Å². The number of nitrogens with zero attached hydrogens (tertiary/aromatic N) is 2. The molecule has 1 fully saturated rings. The van der Waals surface area contributed by atoms with Gasteiger partial charge in [0.15, 0.2) is 5.78 Å². The van der Waals surface area contributed by atoms with Crippen LogP contribution < -0.4 is 10.6 Å². The highest BCUT2D eigenvalue weighted by molar-refractivity contribution is 6.01. The number of rotatable bonds is 5. The van der Waals surface area contributed by atoms with E-state index in [1.807, 2.05) is 7.05 Å². The van der Waals surface area contributed by atoms with E-state index in [4.69, 9.17) is 0 Å². The highest BCUT2D eigenvalue weighted by atomic mass is 19.4. The van der Waals surface area contributed by atoms with Crippen molar-refractivity contribution in [2.45, 2.75) is 6.18 Å². The van der Waals surface area contributed by atoms with E-state index < -0.39 is 17.8 Å². The average Bonchev–Trinajstić information content (AvgIpc) is 2.70. The van der Waals surface area contributed by atoms with Gasteiger partial charge in [-0.3, -0.25) is 9.69 Å². The molecule has 0 saturated carbocycles. The van der Waals surface area contributed by atoms with E-state index in [1.165, 1.54) is 18.2 Å². The first-order valence-electron chi connectivity index (χ1n) is 9.51. The first-order chi connectivity index (χ1) is 14.2. The zero-order valence-electron chi connectivity index (χ0n) is 16.5. The van der Waals surface area contributed by atoms with Gasteiger partial charge in [-0.25, -0.2) is 4.79 Å². The minimum absolute atomic E-state index is 0.0188. The molecule has 0 aromatic heterocycles. The van der Waals surface area contributed by atoms with Gasteiger partial charge in [-0.2, -0.15) is 13.2 Å².